The Balaban J connectivity index is 2.00. The molecule has 2 heterocycles. The van der Waals surface area contributed by atoms with E-state index in [4.69, 9.17) is 16.3 Å². The third-order valence-electron chi connectivity index (χ3n) is 5.93. The molecule has 0 amide bonds. The summed E-state index contributed by atoms with van der Waals surface area (Å²) in [5, 5.41) is -0.149. The van der Waals surface area contributed by atoms with E-state index in [0.717, 1.165) is 6.07 Å². The molecule has 1 saturated heterocycles. The van der Waals surface area contributed by atoms with Crippen LogP contribution in [0.4, 0.5) is 18.9 Å². The molecule has 4 rings (SSSR count). The van der Waals surface area contributed by atoms with Crippen molar-refractivity contribution in [3.05, 3.63) is 32.7 Å². The quantitative estimate of drug-likeness (QED) is 0.709. The maximum absolute atomic E-state index is 15.2. The minimum absolute atomic E-state index is 0.0619. The second-order valence-electron chi connectivity index (χ2n) is 8.71. The van der Waals surface area contributed by atoms with Gasteiger partial charge in [-0.15, -0.1) is 0 Å². The predicted molar refractivity (Wildman–Crippen MR) is 106 cm³/mol. The van der Waals surface area contributed by atoms with Crippen LogP contribution < -0.4 is 32.5 Å². The van der Waals surface area contributed by atoms with E-state index in [1.807, 2.05) is 0 Å². The van der Waals surface area contributed by atoms with Crippen LogP contribution >= 0.6 is 0 Å². The minimum atomic E-state index is -3.17. The molecule has 0 spiro atoms. The lowest BCUT2D eigenvalue weighted by Gasteiger charge is -2.30. The van der Waals surface area contributed by atoms with Gasteiger partial charge in [0.1, 0.15) is 11.2 Å². The second-order valence-corrected chi connectivity index (χ2v) is 8.71. The van der Waals surface area contributed by atoms with Crippen molar-refractivity contribution >= 4 is 16.6 Å². The van der Waals surface area contributed by atoms with Crippen LogP contribution in [0.5, 0.6) is 5.75 Å². The highest BCUT2D eigenvalue weighted by Crippen LogP contribution is 2.47. The van der Waals surface area contributed by atoms with Crippen molar-refractivity contribution in [3.63, 3.8) is 0 Å². The number of hydrogen-bond donors (Lipinski definition) is 2. The third-order valence-corrected chi connectivity index (χ3v) is 5.93. The highest BCUT2D eigenvalue weighted by atomic mass is 19.3. The van der Waals surface area contributed by atoms with Crippen molar-refractivity contribution in [2.45, 2.75) is 44.2 Å². The number of aromatic nitrogens is 2. The third kappa shape index (κ3) is 2.94. The number of nitrogens with two attached hydrogens (primary N) is 2. The monoisotopic (exact) mass is 427 g/mol. The first-order chi connectivity index (χ1) is 13.9. The summed E-state index contributed by atoms with van der Waals surface area (Å²) in [6.07, 6.45) is 1.35. The highest BCUT2D eigenvalue weighted by molar-refractivity contribution is 5.91. The van der Waals surface area contributed by atoms with Crippen LogP contribution in [0.15, 0.2) is 15.7 Å². The molecule has 0 bridgehead atoms. The summed E-state index contributed by atoms with van der Waals surface area (Å²) in [5.41, 5.74) is 2.93. The number of methoxy groups -OCH3 is 1. The molecule has 4 N–H and O–H groups in total. The Labute approximate surface area is 169 Å². The van der Waals surface area contributed by atoms with Crippen LogP contribution in [0.2, 0.25) is 0 Å². The fraction of sp³-hybridized carbons (Fsp3) is 0.579. The SMILES string of the molecule is COc1c(N2CC(C(C)(C)N)C(F)(F)C2)c(F)cc2c(=O)n(N)c(=O)n(C3CC3)c12. The average molecular weight is 427 g/mol. The summed E-state index contributed by atoms with van der Waals surface area (Å²) >= 11 is 0. The van der Waals surface area contributed by atoms with Crippen molar-refractivity contribution in [1.82, 2.24) is 9.24 Å². The first-order valence-corrected chi connectivity index (χ1v) is 9.63. The molecule has 1 atom stereocenters. The molecule has 2 aliphatic rings. The van der Waals surface area contributed by atoms with E-state index in [0.29, 0.717) is 17.5 Å². The van der Waals surface area contributed by atoms with Crippen molar-refractivity contribution in [2.24, 2.45) is 11.7 Å². The zero-order chi connectivity index (χ0) is 22.2. The minimum Gasteiger partial charge on any atom is -0.492 e. The van der Waals surface area contributed by atoms with E-state index in [1.165, 1.54) is 30.4 Å². The molecule has 164 valence electrons. The van der Waals surface area contributed by atoms with Gasteiger partial charge in [-0.1, -0.05) is 0 Å². The Morgan fingerprint density at radius 2 is 1.90 bits per heavy atom. The molecule has 30 heavy (non-hydrogen) atoms. The molecular formula is C19H24F3N5O3. The maximum Gasteiger partial charge on any atom is 0.350 e. The number of fused-ring (bicyclic) bond motifs is 1. The van der Waals surface area contributed by atoms with Gasteiger partial charge in [-0.05, 0) is 32.8 Å². The average Bonchev–Trinajstić information content (AvgIpc) is 3.41. The van der Waals surface area contributed by atoms with E-state index in [1.54, 1.807) is 0 Å². The Morgan fingerprint density at radius 1 is 1.27 bits per heavy atom. The van der Waals surface area contributed by atoms with Crippen LogP contribution in [-0.2, 0) is 0 Å². The van der Waals surface area contributed by atoms with E-state index in [-0.39, 0.29) is 34.9 Å². The number of hydrogen-bond acceptors (Lipinski definition) is 6. The molecule has 2 aromatic rings. The molecule has 0 radical (unpaired) electrons. The van der Waals surface area contributed by atoms with Gasteiger partial charge in [0.2, 0.25) is 0 Å². The fourth-order valence-corrected chi connectivity index (χ4v) is 4.33. The first-order valence-electron chi connectivity index (χ1n) is 9.63. The predicted octanol–water partition coefficient (Wildman–Crippen LogP) is 1.17. The smallest absolute Gasteiger partial charge is 0.350 e. The summed E-state index contributed by atoms with van der Waals surface area (Å²) in [6, 6.07) is 0.703. The Hall–Kier alpha value is -2.69. The molecular weight excluding hydrogens is 403 g/mol. The van der Waals surface area contributed by atoms with Gasteiger partial charge in [-0.3, -0.25) is 9.36 Å². The summed E-state index contributed by atoms with van der Waals surface area (Å²) < 4.78 is 51.7. The number of ether oxygens (including phenoxy) is 1. The molecule has 1 saturated carbocycles. The summed E-state index contributed by atoms with van der Waals surface area (Å²) in [6.45, 7) is 2.02. The van der Waals surface area contributed by atoms with Gasteiger partial charge in [0, 0.05) is 18.1 Å². The number of halogens is 3. The van der Waals surface area contributed by atoms with Crippen molar-refractivity contribution in [2.75, 3.05) is 30.9 Å². The van der Waals surface area contributed by atoms with Crippen LogP contribution in [0.25, 0.3) is 10.9 Å². The Kier molecular flexibility index (Phi) is 4.39. The van der Waals surface area contributed by atoms with E-state index in [2.05, 4.69) is 0 Å². The van der Waals surface area contributed by atoms with Crippen LogP contribution in [0.1, 0.15) is 32.7 Å². The normalized spacial score (nSPS) is 21.4. The summed E-state index contributed by atoms with van der Waals surface area (Å²) in [4.78, 5) is 26.4. The van der Waals surface area contributed by atoms with Crippen LogP contribution in [0, 0.1) is 11.7 Å². The van der Waals surface area contributed by atoms with Gasteiger partial charge in [-0.2, -0.15) is 4.68 Å². The van der Waals surface area contributed by atoms with Gasteiger partial charge in [0.05, 0.1) is 25.0 Å². The number of alkyl halides is 2. The number of anilines is 1. The molecule has 1 aromatic carbocycles. The topological polar surface area (TPSA) is 109 Å². The lowest BCUT2D eigenvalue weighted by Crippen LogP contribution is -2.49. The van der Waals surface area contributed by atoms with E-state index >= 15 is 4.39 Å². The van der Waals surface area contributed by atoms with Crippen LogP contribution in [0.3, 0.4) is 0 Å². The molecule has 1 aromatic heterocycles. The van der Waals surface area contributed by atoms with Crippen LogP contribution in [-0.4, -0.2) is 40.9 Å². The second kappa shape index (κ2) is 6.40. The molecule has 11 heteroatoms. The highest BCUT2D eigenvalue weighted by Gasteiger charge is 2.54. The number of benzene rings is 1. The lowest BCUT2D eigenvalue weighted by molar-refractivity contribution is -0.0432. The summed E-state index contributed by atoms with van der Waals surface area (Å²) in [5.74, 6) is 0.153. The van der Waals surface area contributed by atoms with Gasteiger partial charge >= 0.3 is 5.69 Å². The van der Waals surface area contributed by atoms with Gasteiger partial charge < -0.3 is 21.2 Å². The molecule has 2 fully saturated rings. The van der Waals surface area contributed by atoms with Gasteiger partial charge in [-0.25, -0.2) is 18.0 Å². The maximum atomic E-state index is 15.2. The molecule has 1 aliphatic heterocycles. The lowest BCUT2D eigenvalue weighted by atomic mass is 9.85. The Morgan fingerprint density at radius 3 is 2.40 bits per heavy atom. The largest absolute Gasteiger partial charge is 0.492 e. The standard InChI is InChI=1S/C19H24F3N5O3/c1-18(2,23)12-7-25(8-19(12,21)22)14-11(20)6-10-13(15(14)30-3)26(9-4-5-9)17(29)27(24)16(10)28/h6,9,12H,4-5,7-8,23-24H2,1-3H3. The fourth-order valence-electron chi connectivity index (χ4n) is 4.33. The van der Waals surface area contributed by atoms with Crippen molar-refractivity contribution < 1.29 is 17.9 Å². The van der Waals surface area contributed by atoms with E-state index in [9.17, 15) is 18.4 Å². The molecule has 1 aliphatic carbocycles. The zero-order valence-electron chi connectivity index (χ0n) is 16.9. The zero-order valence-corrected chi connectivity index (χ0v) is 16.9. The van der Waals surface area contributed by atoms with Crippen molar-refractivity contribution in [3.8, 4) is 5.75 Å². The van der Waals surface area contributed by atoms with Gasteiger partial charge in [0.15, 0.2) is 11.6 Å². The van der Waals surface area contributed by atoms with Gasteiger partial charge in [0.25, 0.3) is 11.5 Å². The number of nitrogens with zero attached hydrogens (tertiary/aromatic N) is 3. The molecule has 1 unspecified atom stereocenters. The van der Waals surface area contributed by atoms with Crippen molar-refractivity contribution in [1.29, 1.82) is 0 Å². The van der Waals surface area contributed by atoms with E-state index < -0.39 is 41.0 Å². The Bertz CT molecular complexity index is 1150. The summed E-state index contributed by atoms with van der Waals surface area (Å²) in [7, 11) is 1.24. The number of rotatable bonds is 4. The molecule has 8 nitrogen and oxygen atoms in total. The number of nitrogen functional groups attached to an aromatic ring is 1. The first kappa shape index (κ1) is 20.6.